The molecule has 0 spiro atoms. The molecule has 0 amide bonds. The Morgan fingerprint density at radius 2 is 2.19 bits per heavy atom. The van der Waals surface area contributed by atoms with Gasteiger partial charge in [-0.25, -0.2) is 4.98 Å². The lowest BCUT2D eigenvalue weighted by Gasteiger charge is -2.12. The maximum absolute atomic E-state index is 5.82. The number of hydrogen-bond acceptors (Lipinski definition) is 5. The number of methoxy groups -OCH3 is 1. The van der Waals surface area contributed by atoms with Gasteiger partial charge in [0.05, 0.1) is 7.11 Å². The average Bonchev–Trinajstić information content (AvgIpc) is 3.24. The maximum Gasteiger partial charge on any atom is 0.161 e. The molecule has 1 aromatic heterocycles. The number of aryl methyl sites for hydroxylation is 1. The van der Waals surface area contributed by atoms with Crippen molar-refractivity contribution >= 4 is 11.3 Å². The van der Waals surface area contributed by atoms with Gasteiger partial charge >= 0.3 is 0 Å². The summed E-state index contributed by atoms with van der Waals surface area (Å²) in [6.45, 7) is 3.35. The third-order valence-electron chi connectivity index (χ3n) is 3.42. The summed E-state index contributed by atoms with van der Waals surface area (Å²) in [5.41, 5.74) is 2.25. The van der Waals surface area contributed by atoms with Gasteiger partial charge in [-0.15, -0.1) is 11.3 Å². The Balaban J connectivity index is 1.63. The van der Waals surface area contributed by atoms with Crippen LogP contribution in [0.1, 0.15) is 29.1 Å². The SMILES string of the molecule is COc1cc(CNC2CC2)ccc1OCc1nc(C)cs1. The van der Waals surface area contributed by atoms with E-state index >= 15 is 0 Å². The van der Waals surface area contributed by atoms with Crippen molar-refractivity contribution in [2.75, 3.05) is 7.11 Å². The molecular weight excluding hydrogens is 284 g/mol. The van der Waals surface area contributed by atoms with Crippen LogP contribution in [-0.4, -0.2) is 18.1 Å². The molecule has 112 valence electrons. The standard InChI is InChI=1S/C16H20N2O2S/c1-11-10-21-16(18-11)9-20-14-6-3-12(7-15(14)19-2)8-17-13-4-5-13/h3,6-7,10,13,17H,4-5,8-9H2,1-2H3. The highest BCUT2D eigenvalue weighted by atomic mass is 32.1. The molecule has 1 fully saturated rings. The number of thiazole rings is 1. The van der Waals surface area contributed by atoms with Crippen molar-refractivity contribution in [3.8, 4) is 11.5 Å². The van der Waals surface area contributed by atoms with Gasteiger partial charge in [0.25, 0.3) is 0 Å². The van der Waals surface area contributed by atoms with E-state index in [0.29, 0.717) is 12.6 Å². The van der Waals surface area contributed by atoms with Crippen molar-refractivity contribution in [2.45, 2.75) is 39.0 Å². The zero-order chi connectivity index (χ0) is 14.7. The van der Waals surface area contributed by atoms with Crippen LogP contribution in [0.5, 0.6) is 11.5 Å². The fourth-order valence-electron chi connectivity index (χ4n) is 2.10. The van der Waals surface area contributed by atoms with Crippen LogP contribution in [-0.2, 0) is 13.2 Å². The van der Waals surface area contributed by atoms with Crippen molar-refractivity contribution in [1.29, 1.82) is 0 Å². The zero-order valence-corrected chi connectivity index (χ0v) is 13.2. The fourth-order valence-corrected chi connectivity index (χ4v) is 2.78. The van der Waals surface area contributed by atoms with E-state index in [0.717, 1.165) is 28.7 Å². The minimum Gasteiger partial charge on any atom is -0.493 e. The van der Waals surface area contributed by atoms with E-state index in [2.05, 4.69) is 16.4 Å². The summed E-state index contributed by atoms with van der Waals surface area (Å²) in [5, 5.41) is 6.51. The highest BCUT2D eigenvalue weighted by Crippen LogP contribution is 2.29. The van der Waals surface area contributed by atoms with Crippen LogP contribution < -0.4 is 14.8 Å². The minimum absolute atomic E-state index is 0.481. The third-order valence-corrected chi connectivity index (χ3v) is 4.36. The molecule has 4 nitrogen and oxygen atoms in total. The number of ether oxygens (including phenoxy) is 2. The highest BCUT2D eigenvalue weighted by molar-refractivity contribution is 7.09. The summed E-state index contributed by atoms with van der Waals surface area (Å²) in [5.74, 6) is 1.54. The van der Waals surface area contributed by atoms with E-state index in [1.165, 1.54) is 18.4 Å². The third kappa shape index (κ3) is 3.95. The van der Waals surface area contributed by atoms with Crippen LogP contribution in [0.3, 0.4) is 0 Å². The average molecular weight is 304 g/mol. The quantitative estimate of drug-likeness (QED) is 0.852. The number of rotatable bonds is 7. The largest absolute Gasteiger partial charge is 0.493 e. The fraction of sp³-hybridized carbons (Fsp3) is 0.438. The predicted molar refractivity (Wildman–Crippen MR) is 84.0 cm³/mol. The summed E-state index contributed by atoms with van der Waals surface area (Å²) < 4.78 is 11.3. The summed E-state index contributed by atoms with van der Waals surface area (Å²) in [6.07, 6.45) is 2.59. The van der Waals surface area contributed by atoms with Gasteiger partial charge in [0, 0.05) is 23.7 Å². The summed E-state index contributed by atoms with van der Waals surface area (Å²) in [4.78, 5) is 4.40. The Labute approximate surface area is 129 Å². The second-order valence-electron chi connectivity index (χ2n) is 5.31. The van der Waals surface area contributed by atoms with Gasteiger partial charge in [-0.1, -0.05) is 6.07 Å². The van der Waals surface area contributed by atoms with Crippen molar-refractivity contribution in [3.63, 3.8) is 0 Å². The van der Waals surface area contributed by atoms with E-state index in [9.17, 15) is 0 Å². The maximum atomic E-state index is 5.82. The van der Waals surface area contributed by atoms with Crippen LogP contribution in [0, 0.1) is 6.92 Å². The Morgan fingerprint density at radius 3 is 2.86 bits per heavy atom. The van der Waals surface area contributed by atoms with Gasteiger partial charge in [0.1, 0.15) is 11.6 Å². The lowest BCUT2D eigenvalue weighted by atomic mass is 10.2. The Bertz CT molecular complexity index is 608. The van der Waals surface area contributed by atoms with Crippen LogP contribution in [0.4, 0.5) is 0 Å². The molecule has 1 heterocycles. The second-order valence-corrected chi connectivity index (χ2v) is 6.25. The molecule has 1 aliphatic rings. The predicted octanol–water partition coefficient (Wildman–Crippen LogP) is 3.29. The zero-order valence-electron chi connectivity index (χ0n) is 12.4. The molecule has 0 unspecified atom stereocenters. The van der Waals surface area contributed by atoms with Crippen LogP contribution >= 0.6 is 11.3 Å². The highest BCUT2D eigenvalue weighted by Gasteiger charge is 2.20. The van der Waals surface area contributed by atoms with Gasteiger partial charge in [0.15, 0.2) is 11.5 Å². The molecular formula is C16H20N2O2S. The number of hydrogen-bond donors (Lipinski definition) is 1. The normalized spacial score (nSPS) is 14.2. The number of nitrogens with one attached hydrogen (secondary N) is 1. The first kappa shape index (κ1) is 14.4. The monoisotopic (exact) mass is 304 g/mol. The van der Waals surface area contributed by atoms with Gasteiger partial charge in [-0.05, 0) is 37.5 Å². The number of aromatic nitrogens is 1. The van der Waals surface area contributed by atoms with E-state index < -0.39 is 0 Å². The molecule has 2 aromatic rings. The summed E-state index contributed by atoms with van der Waals surface area (Å²) >= 11 is 1.62. The van der Waals surface area contributed by atoms with E-state index in [1.54, 1.807) is 18.4 Å². The van der Waals surface area contributed by atoms with Crippen LogP contribution in [0.25, 0.3) is 0 Å². The van der Waals surface area contributed by atoms with E-state index in [1.807, 2.05) is 24.4 Å². The van der Waals surface area contributed by atoms with Gasteiger partial charge in [0.2, 0.25) is 0 Å². The van der Waals surface area contributed by atoms with Gasteiger partial charge in [-0.2, -0.15) is 0 Å². The number of nitrogens with zero attached hydrogens (tertiary/aromatic N) is 1. The van der Waals surface area contributed by atoms with Crippen molar-refractivity contribution in [1.82, 2.24) is 10.3 Å². The molecule has 0 atom stereocenters. The molecule has 3 rings (SSSR count). The molecule has 5 heteroatoms. The molecule has 1 aromatic carbocycles. The van der Waals surface area contributed by atoms with Crippen molar-refractivity contribution < 1.29 is 9.47 Å². The number of benzene rings is 1. The molecule has 21 heavy (non-hydrogen) atoms. The smallest absolute Gasteiger partial charge is 0.161 e. The Hall–Kier alpha value is -1.59. The first-order chi connectivity index (χ1) is 10.2. The first-order valence-corrected chi connectivity index (χ1v) is 8.06. The molecule has 1 saturated carbocycles. The van der Waals surface area contributed by atoms with Crippen LogP contribution in [0.2, 0.25) is 0 Å². The van der Waals surface area contributed by atoms with E-state index in [4.69, 9.17) is 9.47 Å². The Kier molecular flexibility index (Phi) is 4.41. The van der Waals surface area contributed by atoms with Gasteiger partial charge in [-0.3, -0.25) is 0 Å². The first-order valence-electron chi connectivity index (χ1n) is 7.18. The Morgan fingerprint density at radius 1 is 1.33 bits per heavy atom. The van der Waals surface area contributed by atoms with Crippen LogP contribution in [0.15, 0.2) is 23.6 Å². The second kappa shape index (κ2) is 6.45. The van der Waals surface area contributed by atoms with Crippen molar-refractivity contribution in [3.05, 3.63) is 39.8 Å². The summed E-state index contributed by atoms with van der Waals surface area (Å²) in [6, 6.07) is 6.81. The molecule has 0 radical (unpaired) electrons. The molecule has 1 N–H and O–H groups in total. The van der Waals surface area contributed by atoms with E-state index in [-0.39, 0.29) is 0 Å². The van der Waals surface area contributed by atoms with Crippen molar-refractivity contribution in [2.24, 2.45) is 0 Å². The lowest BCUT2D eigenvalue weighted by Crippen LogP contribution is -2.15. The minimum atomic E-state index is 0.481. The summed E-state index contributed by atoms with van der Waals surface area (Å²) in [7, 11) is 1.67. The molecule has 1 aliphatic carbocycles. The molecule has 0 aliphatic heterocycles. The molecule has 0 saturated heterocycles. The van der Waals surface area contributed by atoms with Gasteiger partial charge < -0.3 is 14.8 Å². The molecule has 0 bridgehead atoms. The lowest BCUT2D eigenvalue weighted by molar-refractivity contribution is 0.283. The topological polar surface area (TPSA) is 43.4 Å².